The van der Waals surface area contributed by atoms with Crippen LogP contribution >= 0.6 is 23.2 Å². The molecule has 0 atom stereocenters. The summed E-state index contributed by atoms with van der Waals surface area (Å²) in [5.41, 5.74) is 1.75. The second-order valence-corrected chi connectivity index (χ2v) is 6.49. The van der Waals surface area contributed by atoms with Crippen LogP contribution in [0.5, 0.6) is 0 Å². The second-order valence-electron chi connectivity index (χ2n) is 5.65. The molecule has 0 unspecified atom stereocenters. The van der Waals surface area contributed by atoms with Crippen molar-refractivity contribution in [1.82, 2.24) is 14.8 Å². The van der Waals surface area contributed by atoms with Crippen LogP contribution in [-0.2, 0) is 4.79 Å². The number of rotatable bonds is 4. The molecule has 0 aliphatic carbocycles. The van der Waals surface area contributed by atoms with E-state index >= 15 is 0 Å². The van der Waals surface area contributed by atoms with Crippen LogP contribution in [0.25, 0.3) is 0 Å². The van der Waals surface area contributed by atoms with Gasteiger partial charge in [-0.05, 0) is 24.3 Å². The largest absolute Gasteiger partial charge is 0.353 e. The van der Waals surface area contributed by atoms with Crippen molar-refractivity contribution in [2.24, 2.45) is 0 Å². The molecule has 1 N–H and O–H groups in total. The molecule has 2 heterocycles. The lowest BCUT2D eigenvalue weighted by atomic mass is 10.2. The van der Waals surface area contributed by atoms with Gasteiger partial charge in [-0.1, -0.05) is 23.2 Å². The maximum Gasteiger partial charge on any atom is 0.255 e. The number of benzene rings is 1. The Kier molecular flexibility index (Phi) is 5.40. The van der Waals surface area contributed by atoms with E-state index in [0.717, 1.165) is 6.41 Å². The molecule has 0 saturated carbocycles. The molecule has 6 nitrogen and oxygen atoms in total. The molecule has 25 heavy (non-hydrogen) atoms. The summed E-state index contributed by atoms with van der Waals surface area (Å²) in [5, 5.41) is 4.20. The van der Waals surface area contributed by atoms with E-state index in [1.54, 1.807) is 40.3 Å². The Balaban J connectivity index is 1.74. The van der Waals surface area contributed by atoms with Gasteiger partial charge in [-0.2, -0.15) is 0 Å². The molecule has 0 spiro atoms. The topological polar surface area (TPSA) is 65.5 Å². The molecule has 1 aliphatic rings. The molecule has 1 aromatic carbocycles. The Morgan fingerprint density at radius 2 is 1.88 bits per heavy atom. The third kappa shape index (κ3) is 4.21. The van der Waals surface area contributed by atoms with Crippen LogP contribution in [0, 0.1) is 0 Å². The van der Waals surface area contributed by atoms with E-state index in [2.05, 4.69) is 10.3 Å². The Labute approximate surface area is 155 Å². The lowest BCUT2D eigenvalue weighted by molar-refractivity contribution is -0.119. The number of halogens is 2. The van der Waals surface area contributed by atoms with E-state index in [1.165, 1.54) is 6.20 Å². The van der Waals surface area contributed by atoms with Crippen molar-refractivity contribution in [3.05, 3.63) is 52.3 Å². The summed E-state index contributed by atoms with van der Waals surface area (Å²) < 4.78 is 0. The highest BCUT2D eigenvalue weighted by Crippen LogP contribution is 2.28. The molecular formula is C17H16Cl2N4O2. The molecule has 0 radical (unpaired) electrons. The molecule has 0 bridgehead atoms. The Morgan fingerprint density at radius 1 is 1.12 bits per heavy atom. The van der Waals surface area contributed by atoms with Crippen molar-refractivity contribution in [2.45, 2.75) is 0 Å². The fourth-order valence-electron chi connectivity index (χ4n) is 2.59. The smallest absolute Gasteiger partial charge is 0.255 e. The van der Waals surface area contributed by atoms with Gasteiger partial charge >= 0.3 is 0 Å². The number of pyridine rings is 1. The fourth-order valence-corrected chi connectivity index (χ4v) is 2.92. The first-order chi connectivity index (χ1) is 12.1. The van der Waals surface area contributed by atoms with Crippen LogP contribution in [-0.4, -0.2) is 53.3 Å². The van der Waals surface area contributed by atoms with Gasteiger partial charge in [0.25, 0.3) is 5.91 Å². The van der Waals surface area contributed by atoms with E-state index in [9.17, 15) is 9.59 Å². The molecule has 3 rings (SSSR count). The van der Waals surface area contributed by atoms with Crippen molar-refractivity contribution in [2.75, 3.05) is 31.5 Å². The van der Waals surface area contributed by atoms with Gasteiger partial charge in [0.05, 0.1) is 28.2 Å². The predicted octanol–water partition coefficient (Wildman–Crippen LogP) is 3.05. The monoisotopic (exact) mass is 378 g/mol. The standard InChI is InChI=1S/C17H16Cl2N4O2/c18-13-1-2-15(19)16(8-13)21-14-7-12(9-20-10-14)17(25)23-5-3-22(11-24)4-6-23/h1-2,7-11,21H,3-6H2. The van der Waals surface area contributed by atoms with Crippen LogP contribution in [0.1, 0.15) is 10.4 Å². The Bertz CT molecular complexity index is 792. The lowest BCUT2D eigenvalue weighted by Gasteiger charge is -2.32. The third-order valence-corrected chi connectivity index (χ3v) is 4.51. The van der Waals surface area contributed by atoms with Crippen molar-refractivity contribution < 1.29 is 9.59 Å². The maximum atomic E-state index is 12.6. The number of nitrogens with one attached hydrogen (secondary N) is 1. The zero-order chi connectivity index (χ0) is 17.8. The number of hydrogen-bond acceptors (Lipinski definition) is 4. The highest BCUT2D eigenvalue weighted by Gasteiger charge is 2.21. The summed E-state index contributed by atoms with van der Waals surface area (Å²) in [7, 11) is 0. The highest BCUT2D eigenvalue weighted by molar-refractivity contribution is 6.35. The molecule has 1 aromatic heterocycles. The van der Waals surface area contributed by atoms with Gasteiger partial charge in [0, 0.05) is 37.4 Å². The minimum Gasteiger partial charge on any atom is -0.353 e. The third-order valence-electron chi connectivity index (χ3n) is 3.94. The number of piperazine rings is 1. The fraction of sp³-hybridized carbons (Fsp3) is 0.235. The van der Waals surface area contributed by atoms with Gasteiger partial charge in [0.2, 0.25) is 6.41 Å². The van der Waals surface area contributed by atoms with Gasteiger partial charge < -0.3 is 15.1 Å². The molecule has 1 fully saturated rings. The van der Waals surface area contributed by atoms with E-state index in [0.29, 0.717) is 53.2 Å². The summed E-state index contributed by atoms with van der Waals surface area (Å²) in [6.45, 7) is 2.10. The summed E-state index contributed by atoms with van der Waals surface area (Å²) in [4.78, 5) is 30.9. The second kappa shape index (κ2) is 7.72. The van der Waals surface area contributed by atoms with Crippen LogP contribution in [0.2, 0.25) is 10.0 Å². The molecule has 1 saturated heterocycles. The van der Waals surface area contributed by atoms with E-state index in [4.69, 9.17) is 23.2 Å². The number of aromatic nitrogens is 1. The Morgan fingerprint density at radius 3 is 2.60 bits per heavy atom. The first-order valence-corrected chi connectivity index (χ1v) is 8.48. The first kappa shape index (κ1) is 17.5. The van der Waals surface area contributed by atoms with Gasteiger partial charge in [-0.3, -0.25) is 14.6 Å². The van der Waals surface area contributed by atoms with E-state index < -0.39 is 0 Å². The minimum atomic E-state index is -0.112. The van der Waals surface area contributed by atoms with Crippen LogP contribution in [0.3, 0.4) is 0 Å². The molecule has 2 amide bonds. The van der Waals surface area contributed by atoms with E-state index in [1.807, 2.05) is 0 Å². The van der Waals surface area contributed by atoms with Crippen molar-refractivity contribution >= 4 is 46.9 Å². The maximum absolute atomic E-state index is 12.6. The van der Waals surface area contributed by atoms with Gasteiger partial charge in [0.1, 0.15) is 0 Å². The molecule has 8 heteroatoms. The average Bonchev–Trinajstić information content (AvgIpc) is 2.64. The molecule has 130 valence electrons. The molecule has 2 aromatic rings. The van der Waals surface area contributed by atoms with Crippen LogP contribution < -0.4 is 5.32 Å². The lowest BCUT2D eigenvalue weighted by Crippen LogP contribution is -2.48. The number of carbonyl (C=O) groups excluding carboxylic acids is 2. The SMILES string of the molecule is O=CN1CCN(C(=O)c2cncc(Nc3cc(Cl)ccc3Cl)c2)CC1. The van der Waals surface area contributed by atoms with E-state index in [-0.39, 0.29) is 5.91 Å². The predicted molar refractivity (Wildman–Crippen MR) is 97.5 cm³/mol. The van der Waals surface area contributed by atoms with Gasteiger partial charge in [0.15, 0.2) is 0 Å². The van der Waals surface area contributed by atoms with Crippen molar-refractivity contribution in [3.63, 3.8) is 0 Å². The van der Waals surface area contributed by atoms with Crippen molar-refractivity contribution in [3.8, 4) is 0 Å². The zero-order valence-electron chi connectivity index (χ0n) is 13.3. The number of carbonyl (C=O) groups is 2. The first-order valence-electron chi connectivity index (χ1n) is 7.72. The minimum absolute atomic E-state index is 0.112. The van der Waals surface area contributed by atoms with Crippen LogP contribution in [0.15, 0.2) is 36.7 Å². The van der Waals surface area contributed by atoms with Crippen LogP contribution in [0.4, 0.5) is 11.4 Å². The Hall–Kier alpha value is -2.31. The molecular weight excluding hydrogens is 363 g/mol. The van der Waals surface area contributed by atoms with Gasteiger partial charge in [-0.15, -0.1) is 0 Å². The number of nitrogens with zero attached hydrogens (tertiary/aromatic N) is 3. The summed E-state index contributed by atoms with van der Waals surface area (Å²) in [6, 6.07) is 6.82. The number of anilines is 2. The molecule has 1 aliphatic heterocycles. The summed E-state index contributed by atoms with van der Waals surface area (Å²) >= 11 is 12.1. The van der Waals surface area contributed by atoms with Gasteiger partial charge in [-0.25, -0.2) is 0 Å². The number of hydrogen-bond donors (Lipinski definition) is 1. The average molecular weight is 379 g/mol. The highest BCUT2D eigenvalue weighted by atomic mass is 35.5. The summed E-state index contributed by atoms with van der Waals surface area (Å²) in [5.74, 6) is -0.112. The number of amides is 2. The van der Waals surface area contributed by atoms with Crippen molar-refractivity contribution in [1.29, 1.82) is 0 Å². The quantitative estimate of drug-likeness (QED) is 0.830. The normalized spacial score (nSPS) is 14.3. The zero-order valence-corrected chi connectivity index (χ0v) is 14.8. The summed E-state index contributed by atoms with van der Waals surface area (Å²) in [6.07, 6.45) is 3.94.